The first-order chi connectivity index (χ1) is 7.84. The van der Waals surface area contributed by atoms with Gasteiger partial charge in [-0.25, -0.2) is 0 Å². The van der Waals surface area contributed by atoms with Gasteiger partial charge in [0.1, 0.15) is 0 Å². The number of nitrogens with zero attached hydrogens (tertiary/aromatic N) is 1. The van der Waals surface area contributed by atoms with E-state index in [2.05, 4.69) is 35.5 Å². The van der Waals surface area contributed by atoms with Gasteiger partial charge in [-0.1, -0.05) is 18.2 Å². The van der Waals surface area contributed by atoms with Crippen LogP contribution in [0.25, 0.3) is 0 Å². The van der Waals surface area contributed by atoms with Crippen LogP contribution in [0.3, 0.4) is 0 Å². The zero-order valence-corrected chi connectivity index (χ0v) is 10.00. The Balaban J connectivity index is 1.98. The third-order valence-electron chi connectivity index (χ3n) is 3.94. The summed E-state index contributed by atoms with van der Waals surface area (Å²) in [6.07, 6.45) is 3.84. The number of fused-ring (bicyclic) bond motifs is 1. The first-order valence-electron chi connectivity index (χ1n) is 6.37. The number of rotatable bonds is 1. The molecule has 0 bridgehead atoms. The molecule has 0 aliphatic carbocycles. The molecule has 1 aromatic carbocycles. The van der Waals surface area contributed by atoms with E-state index in [-0.39, 0.29) is 0 Å². The third-order valence-corrected chi connectivity index (χ3v) is 3.94. The molecule has 2 heteroatoms. The Morgan fingerprint density at radius 3 is 3.12 bits per heavy atom. The molecule has 1 unspecified atom stereocenters. The molecule has 0 aromatic heterocycles. The molecular formula is C14H20N2. The van der Waals surface area contributed by atoms with Crippen LogP contribution in [0.2, 0.25) is 0 Å². The molecule has 1 aromatic rings. The van der Waals surface area contributed by atoms with Crippen LogP contribution in [0.15, 0.2) is 18.2 Å². The first-order valence-corrected chi connectivity index (χ1v) is 6.37. The van der Waals surface area contributed by atoms with Crippen molar-refractivity contribution in [1.82, 2.24) is 10.2 Å². The van der Waals surface area contributed by atoms with Crippen molar-refractivity contribution in [2.24, 2.45) is 0 Å². The maximum absolute atomic E-state index is 3.62. The fourth-order valence-corrected chi connectivity index (χ4v) is 3.02. The second-order valence-corrected chi connectivity index (χ2v) is 5.12. The Hall–Kier alpha value is -0.860. The average molecular weight is 216 g/mol. The lowest BCUT2D eigenvalue weighted by Crippen LogP contribution is -2.28. The third kappa shape index (κ3) is 1.76. The highest BCUT2D eigenvalue weighted by Crippen LogP contribution is 2.30. The molecule has 1 N–H and O–H groups in total. The van der Waals surface area contributed by atoms with Crippen LogP contribution in [-0.4, -0.2) is 25.0 Å². The van der Waals surface area contributed by atoms with Gasteiger partial charge in [0.15, 0.2) is 0 Å². The van der Waals surface area contributed by atoms with E-state index in [9.17, 15) is 0 Å². The smallest absolute Gasteiger partial charge is 0.0324 e. The lowest BCUT2D eigenvalue weighted by molar-refractivity contribution is 0.310. The summed E-state index contributed by atoms with van der Waals surface area (Å²) in [5, 5.41) is 3.62. The van der Waals surface area contributed by atoms with Crippen molar-refractivity contribution in [3.8, 4) is 0 Å². The number of nitrogens with one attached hydrogen (secondary N) is 1. The fourth-order valence-electron chi connectivity index (χ4n) is 3.02. The van der Waals surface area contributed by atoms with E-state index >= 15 is 0 Å². The predicted molar refractivity (Wildman–Crippen MR) is 66.5 cm³/mol. The van der Waals surface area contributed by atoms with E-state index < -0.39 is 0 Å². The van der Waals surface area contributed by atoms with Crippen molar-refractivity contribution in [3.05, 3.63) is 34.9 Å². The molecule has 3 rings (SSSR count). The van der Waals surface area contributed by atoms with E-state index in [1.807, 2.05) is 0 Å². The molecule has 86 valence electrons. The fraction of sp³-hybridized carbons (Fsp3) is 0.571. The minimum absolute atomic E-state index is 0.612. The Morgan fingerprint density at radius 1 is 1.38 bits per heavy atom. The summed E-state index contributed by atoms with van der Waals surface area (Å²) in [7, 11) is 2.22. The molecule has 2 aliphatic heterocycles. The van der Waals surface area contributed by atoms with Crippen molar-refractivity contribution in [1.29, 1.82) is 0 Å². The highest BCUT2D eigenvalue weighted by molar-refractivity contribution is 5.39. The summed E-state index contributed by atoms with van der Waals surface area (Å²) in [5.41, 5.74) is 4.72. The van der Waals surface area contributed by atoms with E-state index in [0.717, 1.165) is 6.54 Å². The van der Waals surface area contributed by atoms with Gasteiger partial charge in [0.05, 0.1) is 0 Å². The van der Waals surface area contributed by atoms with E-state index in [4.69, 9.17) is 0 Å². The lowest BCUT2D eigenvalue weighted by Gasteiger charge is -2.28. The molecular weight excluding hydrogens is 196 g/mol. The largest absolute Gasteiger partial charge is 0.310 e. The quantitative estimate of drug-likeness (QED) is 0.773. The van der Waals surface area contributed by atoms with E-state index in [0.29, 0.717) is 6.04 Å². The minimum atomic E-state index is 0.612. The average Bonchev–Trinajstić information content (AvgIpc) is 2.81. The molecule has 1 saturated heterocycles. The standard InChI is InChI=1S/C14H20N2/c1-16-9-7-11-4-2-5-12(13(11)10-16)14-6-3-8-15-14/h2,4-5,14-15H,3,6-10H2,1H3. The molecule has 0 radical (unpaired) electrons. The molecule has 2 heterocycles. The number of likely N-dealkylation sites (N-methyl/N-ethyl adjacent to an activating group) is 1. The van der Waals surface area contributed by atoms with Crippen molar-refractivity contribution >= 4 is 0 Å². The van der Waals surface area contributed by atoms with Gasteiger partial charge in [-0.15, -0.1) is 0 Å². The first kappa shape index (κ1) is 10.3. The Bertz CT molecular complexity index is 380. The highest BCUT2D eigenvalue weighted by atomic mass is 15.1. The van der Waals surface area contributed by atoms with Gasteiger partial charge in [0.25, 0.3) is 0 Å². The van der Waals surface area contributed by atoms with Gasteiger partial charge in [0.2, 0.25) is 0 Å². The Morgan fingerprint density at radius 2 is 2.31 bits per heavy atom. The monoisotopic (exact) mass is 216 g/mol. The molecule has 0 spiro atoms. The second-order valence-electron chi connectivity index (χ2n) is 5.12. The predicted octanol–water partition coefficient (Wildman–Crippen LogP) is 2.10. The molecule has 16 heavy (non-hydrogen) atoms. The lowest BCUT2D eigenvalue weighted by atomic mass is 9.91. The maximum Gasteiger partial charge on any atom is 0.0324 e. The van der Waals surface area contributed by atoms with Crippen LogP contribution in [0.1, 0.15) is 35.6 Å². The zero-order valence-electron chi connectivity index (χ0n) is 10.00. The van der Waals surface area contributed by atoms with Crippen molar-refractivity contribution in [2.45, 2.75) is 31.8 Å². The van der Waals surface area contributed by atoms with Crippen molar-refractivity contribution < 1.29 is 0 Å². The Labute approximate surface area is 97.6 Å². The van der Waals surface area contributed by atoms with Crippen LogP contribution in [0.5, 0.6) is 0 Å². The molecule has 1 fully saturated rings. The van der Waals surface area contributed by atoms with Gasteiger partial charge in [-0.2, -0.15) is 0 Å². The van der Waals surface area contributed by atoms with E-state index in [1.54, 1.807) is 16.7 Å². The summed E-state index contributed by atoms with van der Waals surface area (Å²) >= 11 is 0. The summed E-state index contributed by atoms with van der Waals surface area (Å²) in [6.45, 7) is 3.52. The SMILES string of the molecule is CN1CCc2cccc(C3CCCN3)c2C1. The molecule has 0 amide bonds. The molecule has 2 aliphatic rings. The highest BCUT2D eigenvalue weighted by Gasteiger charge is 2.23. The number of benzene rings is 1. The normalized spacial score (nSPS) is 25.7. The van der Waals surface area contributed by atoms with Gasteiger partial charge in [0, 0.05) is 19.1 Å². The summed E-state index contributed by atoms with van der Waals surface area (Å²) in [6, 6.07) is 7.47. The van der Waals surface area contributed by atoms with Crippen LogP contribution >= 0.6 is 0 Å². The molecule has 0 saturated carbocycles. The van der Waals surface area contributed by atoms with Crippen LogP contribution in [-0.2, 0) is 13.0 Å². The Kier molecular flexibility index (Phi) is 2.70. The summed E-state index contributed by atoms with van der Waals surface area (Å²) in [5.74, 6) is 0. The summed E-state index contributed by atoms with van der Waals surface area (Å²) < 4.78 is 0. The minimum Gasteiger partial charge on any atom is -0.310 e. The van der Waals surface area contributed by atoms with E-state index in [1.165, 1.54) is 32.4 Å². The van der Waals surface area contributed by atoms with Crippen LogP contribution in [0, 0.1) is 0 Å². The van der Waals surface area contributed by atoms with Crippen LogP contribution < -0.4 is 5.32 Å². The number of hydrogen-bond donors (Lipinski definition) is 1. The van der Waals surface area contributed by atoms with Gasteiger partial charge >= 0.3 is 0 Å². The number of hydrogen-bond acceptors (Lipinski definition) is 2. The van der Waals surface area contributed by atoms with Crippen molar-refractivity contribution in [2.75, 3.05) is 20.1 Å². The summed E-state index contributed by atoms with van der Waals surface area (Å²) in [4.78, 5) is 2.43. The molecule has 2 nitrogen and oxygen atoms in total. The van der Waals surface area contributed by atoms with Crippen molar-refractivity contribution in [3.63, 3.8) is 0 Å². The van der Waals surface area contributed by atoms with Gasteiger partial charge < -0.3 is 10.2 Å². The second kappa shape index (κ2) is 4.19. The molecule has 1 atom stereocenters. The van der Waals surface area contributed by atoms with Crippen LogP contribution in [0.4, 0.5) is 0 Å². The zero-order chi connectivity index (χ0) is 11.0. The van der Waals surface area contributed by atoms with Gasteiger partial charge in [-0.3, -0.25) is 0 Å². The maximum atomic E-state index is 3.62. The van der Waals surface area contributed by atoms with Gasteiger partial charge in [-0.05, 0) is 49.5 Å². The topological polar surface area (TPSA) is 15.3 Å².